The molecule has 1 amide bonds. The molecule has 0 fully saturated rings. The van der Waals surface area contributed by atoms with Crippen molar-refractivity contribution in [3.05, 3.63) is 12.2 Å². The third kappa shape index (κ3) is 32.2. The molecule has 2 unspecified atom stereocenters. The van der Waals surface area contributed by atoms with E-state index in [1.807, 2.05) is 0 Å². The highest BCUT2D eigenvalue weighted by Gasteiger charge is 2.23. The largest absolute Gasteiger partial charge is 0.472 e. The van der Waals surface area contributed by atoms with Crippen LogP contribution in [0.1, 0.15) is 162 Å². The standard InChI is InChI=1S/C34H66NO8P/c1-3-5-7-9-11-12-13-14-15-16-17-18-19-20-21-22-24-26-33(37)35-28-29-42-44(39,40)43-31-32(36)30-41-34(38)27-25-23-10-8-6-4-2/h14-15,32,36H,3-13,16-31H2,1-2H3,(H,35,37)(H,39,40)/b15-14-. The molecule has 0 bridgehead atoms. The van der Waals surface area contributed by atoms with E-state index in [1.54, 1.807) is 0 Å². The first-order chi connectivity index (χ1) is 21.3. The van der Waals surface area contributed by atoms with Gasteiger partial charge in [-0.15, -0.1) is 0 Å². The van der Waals surface area contributed by atoms with Crippen molar-refractivity contribution in [1.82, 2.24) is 5.32 Å². The molecule has 0 aliphatic rings. The number of phosphoric ester groups is 1. The summed E-state index contributed by atoms with van der Waals surface area (Å²) in [7, 11) is -4.40. The summed E-state index contributed by atoms with van der Waals surface area (Å²) >= 11 is 0. The van der Waals surface area contributed by atoms with Crippen molar-refractivity contribution in [2.24, 2.45) is 0 Å². The number of allylic oxidation sites excluding steroid dienone is 2. The highest BCUT2D eigenvalue weighted by atomic mass is 31.2. The average Bonchev–Trinajstić information content (AvgIpc) is 3.00. The number of ether oxygens (including phenoxy) is 1. The van der Waals surface area contributed by atoms with Gasteiger partial charge in [0.25, 0.3) is 0 Å². The number of phosphoric acid groups is 1. The van der Waals surface area contributed by atoms with Gasteiger partial charge in [-0.2, -0.15) is 0 Å². The van der Waals surface area contributed by atoms with E-state index in [9.17, 15) is 24.2 Å². The summed E-state index contributed by atoms with van der Waals surface area (Å²) < 4.78 is 26.6. The number of unbranched alkanes of at least 4 members (excludes halogenated alkanes) is 18. The number of carbonyl (C=O) groups excluding carboxylic acids is 2. The predicted molar refractivity (Wildman–Crippen MR) is 178 cm³/mol. The van der Waals surface area contributed by atoms with E-state index in [0.29, 0.717) is 6.42 Å². The second-order valence-corrected chi connectivity index (χ2v) is 13.3. The van der Waals surface area contributed by atoms with Crippen molar-refractivity contribution in [3.63, 3.8) is 0 Å². The van der Waals surface area contributed by atoms with Gasteiger partial charge in [-0.25, -0.2) is 4.57 Å². The molecule has 44 heavy (non-hydrogen) atoms. The van der Waals surface area contributed by atoms with E-state index in [1.165, 1.54) is 89.9 Å². The molecule has 0 radical (unpaired) electrons. The fourth-order valence-corrected chi connectivity index (χ4v) is 5.48. The summed E-state index contributed by atoms with van der Waals surface area (Å²) in [6, 6.07) is 0. The zero-order valence-electron chi connectivity index (χ0n) is 28.1. The summed E-state index contributed by atoms with van der Waals surface area (Å²) in [5, 5.41) is 12.5. The molecule has 0 rings (SSSR count). The Balaban J connectivity index is 3.59. The summed E-state index contributed by atoms with van der Waals surface area (Å²) in [6.45, 7) is 3.46. The minimum Gasteiger partial charge on any atom is -0.463 e. The highest BCUT2D eigenvalue weighted by Crippen LogP contribution is 2.42. The van der Waals surface area contributed by atoms with Crippen LogP contribution in [-0.2, 0) is 27.9 Å². The van der Waals surface area contributed by atoms with Gasteiger partial charge in [0.05, 0.1) is 13.2 Å². The van der Waals surface area contributed by atoms with Crippen molar-refractivity contribution in [1.29, 1.82) is 0 Å². The number of amides is 1. The Morgan fingerprint density at radius 2 is 1.16 bits per heavy atom. The van der Waals surface area contributed by atoms with E-state index in [-0.39, 0.29) is 32.1 Å². The van der Waals surface area contributed by atoms with Crippen LogP contribution in [0.25, 0.3) is 0 Å². The Morgan fingerprint density at radius 1 is 0.682 bits per heavy atom. The quantitative estimate of drug-likeness (QED) is 0.0279. The lowest BCUT2D eigenvalue weighted by atomic mass is 10.1. The van der Waals surface area contributed by atoms with Crippen LogP contribution in [-0.4, -0.2) is 54.3 Å². The molecular weight excluding hydrogens is 581 g/mol. The van der Waals surface area contributed by atoms with Gasteiger partial charge in [-0.05, 0) is 38.5 Å². The Morgan fingerprint density at radius 3 is 1.70 bits per heavy atom. The van der Waals surface area contributed by atoms with Crippen molar-refractivity contribution in [3.8, 4) is 0 Å². The molecule has 0 saturated heterocycles. The summed E-state index contributed by atoms with van der Waals surface area (Å²) in [5.74, 6) is -0.528. The molecule has 2 atom stereocenters. The lowest BCUT2D eigenvalue weighted by Gasteiger charge is -2.15. The van der Waals surface area contributed by atoms with Gasteiger partial charge in [-0.1, -0.05) is 122 Å². The lowest BCUT2D eigenvalue weighted by Crippen LogP contribution is -2.27. The molecule has 260 valence electrons. The van der Waals surface area contributed by atoms with Crippen LogP contribution in [0.5, 0.6) is 0 Å². The SMILES string of the molecule is CCCCCCCC/C=C\CCCCCCCCCC(=O)NCCOP(=O)(O)OCC(O)COC(=O)CCCCCCCC. The van der Waals surface area contributed by atoms with Gasteiger partial charge in [0.2, 0.25) is 5.91 Å². The van der Waals surface area contributed by atoms with Crippen molar-refractivity contribution >= 4 is 19.7 Å². The van der Waals surface area contributed by atoms with E-state index >= 15 is 0 Å². The first kappa shape index (κ1) is 42.8. The summed E-state index contributed by atoms with van der Waals surface area (Å²) in [4.78, 5) is 33.5. The van der Waals surface area contributed by atoms with Crippen LogP contribution in [0.15, 0.2) is 12.2 Å². The zero-order chi connectivity index (χ0) is 32.6. The number of aliphatic hydroxyl groups is 1. The summed E-state index contributed by atoms with van der Waals surface area (Å²) in [6.07, 6.45) is 28.9. The number of rotatable bonds is 33. The first-order valence-electron chi connectivity index (χ1n) is 17.7. The zero-order valence-corrected chi connectivity index (χ0v) is 29.0. The molecule has 0 aliphatic heterocycles. The molecule has 3 N–H and O–H groups in total. The Kier molecular flexibility index (Phi) is 30.8. The van der Waals surface area contributed by atoms with Gasteiger partial charge in [-0.3, -0.25) is 18.6 Å². The molecule has 0 aromatic heterocycles. The maximum absolute atomic E-state index is 12.0. The number of hydrogen-bond donors (Lipinski definition) is 3. The van der Waals surface area contributed by atoms with Crippen LogP contribution in [0, 0.1) is 0 Å². The van der Waals surface area contributed by atoms with Crippen LogP contribution >= 0.6 is 7.82 Å². The molecule has 0 aromatic rings. The van der Waals surface area contributed by atoms with Crippen LogP contribution in [0.2, 0.25) is 0 Å². The van der Waals surface area contributed by atoms with Gasteiger partial charge in [0.1, 0.15) is 12.7 Å². The van der Waals surface area contributed by atoms with E-state index in [2.05, 4.69) is 31.3 Å². The predicted octanol–water partition coefficient (Wildman–Crippen LogP) is 8.71. The van der Waals surface area contributed by atoms with Crippen LogP contribution in [0.4, 0.5) is 0 Å². The Bertz CT molecular complexity index is 749. The molecular formula is C34H66NO8P. The first-order valence-corrected chi connectivity index (χ1v) is 19.2. The number of esters is 1. The molecule has 0 saturated carbocycles. The second-order valence-electron chi connectivity index (χ2n) is 11.8. The molecule has 0 spiro atoms. The van der Waals surface area contributed by atoms with Gasteiger partial charge in [0, 0.05) is 19.4 Å². The number of hydrogen-bond acceptors (Lipinski definition) is 7. The van der Waals surface area contributed by atoms with E-state index in [4.69, 9.17) is 13.8 Å². The fraction of sp³-hybridized carbons (Fsp3) is 0.882. The van der Waals surface area contributed by atoms with E-state index in [0.717, 1.165) is 44.9 Å². The Labute approximate surface area is 268 Å². The third-order valence-electron chi connectivity index (χ3n) is 7.45. The highest BCUT2D eigenvalue weighted by molar-refractivity contribution is 7.47. The molecule has 9 nitrogen and oxygen atoms in total. The van der Waals surface area contributed by atoms with Gasteiger partial charge >= 0.3 is 13.8 Å². The van der Waals surface area contributed by atoms with Crippen molar-refractivity contribution in [2.75, 3.05) is 26.4 Å². The monoisotopic (exact) mass is 647 g/mol. The van der Waals surface area contributed by atoms with Crippen molar-refractivity contribution < 1.29 is 37.9 Å². The average molecular weight is 648 g/mol. The van der Waals surface area contributed by atoms with E-state index < -0.39 is 26.5 Å². The van der Waals surface area contributed by atoms with Crippen LogP contribution < -0.4 is 5.32 Å². The topological polar surface area (TPSA) is 131 Å². The lowest BCUT2D eigenvalue weighted by molar-refractivity contribution is -0.147. The van der Waals surface area contributed by atoms with Gasteiger partial charge < -0.3 is 20.1 Å². The number of carbonyl (C=O) groups is 2. The molecule has 0 heterocycles. The summed E-state index contributed by atoms with van der Waals surface area (Å²) in [5.41, 5.74) is 0. The molecule has 10 heteroatoms. The smallest absolute Gasteiger partial charge is 0.463 e. The van der Waals surface area contributed by atoms with Gasteiger partial charge in [0.15, 0.2) is 0 Å². The number of nitrogens with one attached hydrogen (secondary N) is 1. The second kappa shape index (κ2) is 31.7. The van der Waals surface area contributed by atoms with Crippen molar-refractivity contribution in [2.45, 2.75) is 168 Å². The third-order valence-corrected chi connectivity index (χ3v) is 8.43. The number of aliphatic hydroxyl groups excluding tert-OH is 1. The fourth-order valence-electron chi connectivity index (χ4n) is 4.73. The Hall–Kier alpha value is -1.25. The minimum absolute atomic E-state index is 0.0821. The maximum atomic E-state index is 12.0. The normalized spacial score (nSPS) is 13.6. The van der Waals surface area contributed by atoms with Crippen LogP contribution in [0.3, 0.4) is 0 Å². The molecule has 0 aliphatic carbocycles. The maximum Gasteiger partial charge on any atom is 0.472 e. The minimum atomic E-state index is -4.40. The molecule has 0 aromatic carbocycles.